The van der Waals surface area contributed by atoms with Gasteiger partial charge in [0.2, 0.25) is 0 Å². The highest BCUT2D eigenvalue weighted by Gasteiger charge is 2.18. The van der Waals surface area contributed by atoms with Crippen LogP contribution in [0.25, 0.3) is 0 Å². The predicted molar refractivity (Wildman–Crippen MR) is 111 cm³/mol. The summed E-state index contributed by atoms with van der Waals surface area (Å²) in [5.41, 5.74) is 3.17. The molecular formula is C23H26F3NS. The van der Waals surface area contributed by atoms with Crippen LogP contribution in [0.5, 0.6) is 0 Å². The van der Waals surface area contributed by atoms with E-state index in [1.165, 1.54) is 6.92 Å². The first-order valence-corrected chi connectivity index (χ1v) is 10.3. The fourth-order valence-electron chi connectivity index (χ4n) is 2.95. The lowest BCUT2D eigenvalue weighted by molar-refractivity contribution is 0.479. The fourth-order valence-corrected chi connectivity index (χ4v) is 4.05. The van der Waals surface area contributed by atoms with E-state index in [0.717, 1.165) is 59.2 Å². The molecule has 150 valence electrons. The van der Waals surface area contributed by atoms with Gasteiger partial charge in [-0.05, 0) is 42.2 Å². The van der Waals surface area contributed by atoms with Crippen molar-refractivity contribution in [3.8, 4) is 0 Å². The summed E-state index contributed by atoms with van der Waals surface area (Å²) in [6.45, 7) is 9.32. The molecule has 1 aromatic heterocycles. The van der Waals surface area contributed by atoms with Crippen LogP contribution < -0.4 is 0 Å². The van der Waals surface area contributed by atoms with E-state index in [4.69, 9.17) is 0 Å². The second kappa shape index (κ2) is 10.5. The maximum atomic E-state index is 14.3. The number of allylic oxidation sites excluding steroid dienone is 3. The van der Waals surface area contributed by atoms with Gasteiger partial charge in [-0.15, -0.1) is 6.58 Å². The second-order valence-electron chi connectivity index (χ2n) is 6.64. The molecule has 1 aromatic carbocycles. The normalized spacial score (nSPS) is 11.7. The second-order valence-corrected chi connectivity index (χ2v) is 7.78. The SMILES string of the molecule is C=CCc1cc(C/C(=C\CCC)Sc2c(F)cc(F)c(F)c2C)cnc1CC. The quantitative estimate of drug-likeness (QED) is 0.250. The molecular weight excluding hydrogens is 379 g/mol. The number of aromatic nitrogens is 1. The Labute approximate surface area is 169 Å². The lowest BCUT2D eigenvalue weighted by Gasteiger charge is -2.13. The van der Waals surface area contributed by atoms with Gasteiger partial charge >= 0.3 is 0 Å². The molecule has 0 aliphatic rings. The monoisotopic (exact) mass is 405 g/mol. The Bertz CT molecular complexity index is 875. The van der Waals surface area contributed by atoms with Crippen LogP contribution in [0.3, 0.4) is 0 Å². The van der Waals surface area contributed by atoms with Crippen LogP contribution in [0.4, 0.5) is 13.2 Å². The van der Waals surface area contributed by atoms with Gasteiger partial charge in [-0.3, -0.25) is 4.98 Å². The maximum Gasteiger partial charge on any atom is 0.163 e. The van der Waals surface area contributed by atoms with Crippen molar-refractivity contribution in [2.75, 3.05) is 0 Å². The number of unbranched alkanes of at least 4 members (excludes halogenated alkanes) is 1. The fraction of sp³-hybridized carbons (Fsp3) is 0.348. The van der Waals surface area contributed by atoms with Crippen molar-refractivity contribution >= 4 is 11.8 Å². The van der Waals surface area contributed by atoms with Gasteiger partial charge in [0, 0.05) is 29.9 Å². The average Bonchev–Trinajstić information content (AvgIpc) is 2.68. The first-order valence-electron chi connectivity index (χ1n) is 9.49. The number of rotatable bonds is 9. The Morgan fingerprint density at radius 2 is 1.93 bits per heavy atom. The first-order chi connectivity index (χ1) is 13.4. The molecule has 0 unspecified atom stereocenters. The Hall–Kier alpha value is -2.01. The number of hydrogen-bond acceptors (Lipinski definition) is 2. The van der Waals surface area contributed by atoms with Crippen molar-refractivity contribution < 1.29 is 13.2 Å². The van der Waals surface area contributed by atoms with Crippen LogP contribution in [0.15, 0.2) is 46.9 Å². The van der Waals surface area contributed by atoms with Crippen molar-refractivity contribution in [3.05, 3.63) is 81.8 Å². The number of aryl methyl sites for hydroxylation is 1. The van der Waals surface area contributed by atoms with Crippen LogP contribution >= 0.6 is 11.8 Å². The van der Waals surface area contributed by atoms with Crippen LogP contribution in [-0.4, -0.2) is 4.98 Å². The van der Waals surface area contributed by atoms with Crippen molar-refractivity contribution in [2.24, 2.45) is 0 Å². The van der Waals surface area contributed by atoms with E-state index in [1.807, 2.05) is 18.3 Å². The minimum absolute atomic E-state index is 0.00305. The van der Waals surface area contributed by atoms with E-state index < -0.39 is 17.5 Å². The van der Waals surface area contributed by atoms with Crippen LogP contribution in [0, 0.1) is 24.4 Å². The smallest absolute Gasteiger partial charge is 0.163 e. The Morgan fingerprint density at radius 3 is 2.57 bits per heavy atom. The van der Waals surface area contributed by atoms with E-state index in [9.17, 15) is 13.2 Å². The van der Waals surface area contributed by atoms with E-state index in [1.54, 1.807) is 0 Å². The molecule has 0 bridgehead atoms. The van der Waals surface area contributed by atoms with Gasteiger partial charge in [0.15, 0.2) is 11.6 Å². The Morgan fingerprint density at radius 1 is 1.18 bits per heavy atom. The standard InChI is InChI=1S/C23H26F3NS/c1-5-8-10-18(28-23-15(4)22(26)19(24)13-20(23)25)12-16-11-17(9-6-2)21(7-3)27-14-16/h6,10-11,13-14H,2,5,7-9,12H2,1,3-4H3/b18-10+. The van der Waals surface area contributed by atoms with Crippen LogP contribution in [0.1, 0.15) is 49.1 Å². The van der Waals surface area contributed by atoms with Gasteiger partial charge in [-0.25, -0.2) is 13.2 Å². The molecule has 0 saturated heterocycles. The number of halogens is 3. The van der Waals surface area contributed by atoms with E-state index in [0.29, 0.717) is 12.5 Å². The van der Waals surface area contributed by atoms with Gasteiger partial charge in [-0.1, -0.05) is 50.2 Å². The highest BCUT2D eigenvalue weighted by Crippen LogP contribution is 2.36. The van der Waals surface area contributed by atoms with Gasteiger partial charge in [0.1, 0.15) is 5.82 Å². The summed E-state index contributed by atoms with van der Waals surface area (Å²) >= 11 is 1.16. The summed E-state index contributed by atoms with van der Waals surface area (Å²) in [5.74, 6) is -2.90. The molecule has 0 amide bonds. The van der Waals surface area contributed by atoms with Crippen molar-refractivity contribution in [1.82, 2.24) is 4.98 Å². The number of benzene rings is 1. The minimum Gasteiger partial charge on any atom is -0.261 e. The van der Waals surface area contributed by atoms with Crippen molar-refractivity contribution in [1.29, 1.82) is 0 Å². The van der Waals surface area contributed by atoms with Crippen molar-refractivity contribution in [3.63, 3.8) is 0 Å². The molecule has 2 aromatic rings. The third-order valence-electron chi connectivity index (χ3n) is 4.44. The van der Waals surface area contributed by atoms with Crippen LogP contribution in [0.2, 0.25) is 0 Å². The summed E-state index contributed by atoms with van der Waals surface area (Å²) in [5, 5.41) is 0. The predicted octanol–water partition coefficient (Wildman–Crippen LogP) is 7.12. The van der Waals surface area contributed by atoms with Gasteiger partial charge in [0.05, 0.1) is 4.90 Å². The zero-order chi connectivity index (χ0) is 20.7. The molecule has 2 rings (SSSR count). The highest BCUT2D eigenvalue weighted by atomic mass is 32.2. The lowest BCUT2D eigenvalue weighted by Crippen LogP contribution is -2.00. The van der Waals surface area contributed by atoms with Gasteiger partial charge in [0.25, 0.3) is 0 Å². The number of hydrogen-bond donors (Lipinski definition) is 0. The maximum absolute atomic E-state index is 14.3. The van der Waals surface area contributed by atoms with Gasteiger partial charge < -0.3 is 0 Å². The number of pyridine rings is 1. The molecule has 28 heavy (non-hydrogen) atoms. The number of thioether (sulfide) groups is 1. The third kappa shape index (κ3) is 5.51. The van der Waals surface area contributed by atoms with E-state index in [-0.39, 0.29) is 10.5 Å². The summed E-state index contributed by atoms with van der Waals surface area (Å²) in [4.78, 5) is 5.57. The molecule has 0 radical (unpaired) electrons. The van der Waals surface area contributed by atoms with Crippen molar-refractivity contribution in [2.45, 2.75) is 57.8 Å². The zero-order valence-corrected chi connectivity index (χ0v) is 17.4. The largest absolute Gasteiger partial charge is 0.261 e. The molecule has 0 fully saturated rings. The van der Waals surface area contributed by atoms with Gasteiger partial charge in [-0.2, -0.15) is 0 Å². The first kappa shape index (κ1) is 22.3. The average molecular weight is 406 g/mol. The zero-order valence-electron chi connectivity index (χ0n) is 16.6. The molecule has 0 aliphatic heterocycles. The summed E-state index contributed by atoms with van der Waals surface area (Å²) in [7, 11) is 0. The lowest BCUT2D eigenvalue weighted by atomic mass is 10.0. The summed E-state index contributed by atoms with van der Waals surface area (Å²) in [6.07, 6.45) is 9.63. The minimum atomic E-state index is -1.16. The highest BCUT2D eigenvalue weighted by molar-refractivity contribution is 8.03. The number of nitrogens with zero attached hydrogens (tertiary/aromatic N) is 1. The Kier molecular flexibility index (Phi) is 8.36. The summed E-state index contributed by atoms with van der Waals surface area (Å²) in [6, 6.07) is 2.71. The van der Waals surface area contributed by atoms with E-state index in [2.05, 4.69) is 31.5 Å². The molecule has 0 atom stereocenters. The molecule has 5 heteroatoms. The molecule has 0 N–H and O–H groups in total. The molecule has 0 spiro atoms. The molecule has 0 aliphatic carbocycles. The molecule has 0 saturated carbocycles. The third-order valence-corrected chi connectivity index (χ3v) is 5.72. The van der Waals surface area contributed by atoms with E-state index >= 15 is 0 Å². The topological polar surface area (TPSA) is 12.9 Å². The van der Waals surface area contributed by atoms with Crippen LogP contribution in [-0.2, 0) is 19.3 Å². The molecule has 1 nitrogen and oxygen atoms in total. The molecule has 1 heterocycles. The summed E-state index contributed by atoms with van der Waals surface area (Å²) < 4.78 is 41.7. The Balaban J connectivity index is 2.35.